The summed E-state index contributed by atoms with van der Waals surface area (Å²) in [7, 11) is 0. The van der Waals surface area contributed by atoms with Crippen LogP contribution in [0.4, 0.5) is 0 Å². The predicted octanol–water partition coefficient (Wildman–Crippen LogP) is 2.46. The van der Waals surface area contributed by atoms with Crippen LogP contribution in [0.15, 0.2) is 53.6 Å². The van der Waals surface area contributed by atoms with Gasteiger partial charge in [-0.3, -0.25) is 4.79 Å². The zero-order valence-corrected chi connectivity index (χ0v) is 11.4. The molecule has 0 saturated carbocycles. The van der Waals surface area contributed by atoms with Crippen molar-refractivity contribution in [3.63, 3.8) is 0 Å². The van der Waals surface area contributed by atoms with Gasteiger partial charge in [0, 0.05) is 5.56 Å². The van der Waals surface area contributed by atoms with Gasteiger partial charge in [-0.2, -0.15) is 5.10 Å². The van der Waals surface area contributed by atoms with Crippen molar-refractivity contribution in [1.82, 2.24) is 5.43 Å². The van der Waals surface area contributed by atoms with Crippen LogP contribution in [0.3, 0.4) is 0 Å². The number of carbonyl (C=O) groups is 2. The van der Waals surface area contributed by atoms with E-state index in [1.165, 1.54) is 18.3 Å². The third kappa shape index (κ3) is 4.01. The molecule has 0 aliphatic carbocycles. The van der Waals surface area contributed by atoms with E-state index in [-0.39, 0.29) is 11.5 Å². The lowest BCUT2D eigenvalue weighted by atomic mass is 10.1. The summed E-state index contributed by atoms with van der Waals surface area (Å²) >= 11 is 0. The molecule has 2 N–H and O–H groups in total. The summed E-state index contributed by atoms with van der Waals surface area (Å²) in [5.41, 5.74) is 4.93. The minimum atomic E-state index is -0.980. The molecule has 0 radical (unpaired) electrons. The Hall–Kier alpha value is -2.95. The van der Waals surface area contributed by atoms with Crippen molar-refractivity contribution in [2.24, 2.45) is 5.10 Å². The number of rotatable bonds is 4. The Bertz CT molecular complexity index is 674. The number of carboxylic acid groups (broad SMARTS) is 1. The van der Waals surface area contributed by atoms with Gasteiger partial charge in [-0.1, -0.05) is 29.8 Å². The van der Waals surface area contributed by atoms with E-state index in [0.717, 1.165) is 5.56 Å². The van der Waals surface area contributed by atoms with E-state index < -0.39 is 5.97 Å². The predicted molar refractivity (Wildman–Crippen MR) is 79.6 cm³/mol. The van der Waals surface area contributed by atoms with E-state index in [0.29, 0.717) is 11.1 Å². The van der Waals surface area contributed by atoms with E-state index in [2.05, 4.69) is 10.5 Å². The summed E-state index contributed by atoms with van der Waals surface area (Å²) in [5, 5.41) is 12.6. The van der Waals surface area contributed by atoms with E-state index in [1.54, 1.807) is 24.3 Å². The van der Waals surface area contributed by atoms with Gasteiger partial charge >= 0.3 is 5.97 Å². The summed E-state index contributed by atoms with van der Waals surface area (Å²) in [5.74, 6) is -1.28. The van der Waals surface area contributed by atoms with Crippen LogP contribution in [0.1, 0.15) is 31.8 Å². The highest BCUT2D eigenvalue weighted by molar-refractivity contribution is 5.95. The molecule has 106 valence electrons. The number of carbonyl (C=O) groups excluding carboxylic acids is 1. The van der Waals surface area contributed by atoms with E-state index >= 15 is 0 Å². The monoisotopic (exact) mass is 282 g/mol. The van der Waals surface area contributed by atoms with Gasteiger partial charge in [0.05, 0.1) is 11.8 Å². The number of benzene rings is 2. The molecule has 2 rings (SSSR count). The second kappa shape index (κ2) is 6.47. The van der Waals surface area contributed by atoms with Gasteiger partial charge in [-0.05, 0) is 36.8 Å². The first kappa shape index (κ1) is 14.5. The SMILES string of the molecule is Cc1ccc(C(=O)N/N=C\c2ccc(C(=O)O)cc2)cc1. The molecule has 0 aromatic heterocycles. The fourth-order valence-electron chi connectivity index (χ4n) is 1.65. The quantitative estimate of drug-likeness (QED) is 0.668. The summed E-state index contributed by atoms with van der Waals surface area (Å²) in [6, 6.07) is 13.3. The zero-order chi connectivity index (χ0) is 15.2. The molecule has 0 fully saturated rings. The molecule has 5 nitrogen and oxygen atoms in total. The van der Waals surface area contributed by atoms with Crippen LogP contribution in [0.25, 0.3) is 0 Å². The van der Waals surface area contributed by atoms with E-state index in [4.69, 9.17) is 5.11 Å². The molecular weight excluding hydrogens is 268 g/mol. The van der Waals surface area contributed by atoms with Crippen LogP contribution in [0.2, 0.25) is 0 Å². The molecule has 5 heteroatoms. The smallest absolute Gasteiger partial charge is 0.335 e. The molecule has 0 aliphatic heterocycles. The summed E-state index contributed by atoms with van der Waals surface area (Å²) < 4.78 is 0. The molecule has 0 spiro atoms. The van der Waals surface area contributed by atoms with Gasteiger partial charge < -0.3 is 5.11 Å². The van der Waals surface area contributed by atoms with Crippen molar-refractivity contribution in [1.29, 1.82) is 0 Å². The average Bonchev–Trinajstić information content (AvgIpc) is 2.48. The summed E-state index contributed by atoms with van der Waals surface area (Å²) in [4.78, 5) is 22.5. The molecule has 0 saturated heterocycles. The molecule has 2 aromatic carbocycles. The molecule has 1 amide bonds. The largest absolute Gasteiger partial charge is 0.478 e. The second-order valence-electron chi connectivity index (χ2n) is 4.49. The van der Waals surface area contributed by atoms with E-state index in [9.17, 15) is 9.59 Å². The van der Waals surface area contributed by atoms with Crippen molar-refractivity contribution < 1.29 is 14.7 Å². The van der Waals surface area contributed by atoms with Gasteiger partial charge in [0.15, 0.2) is 0 Å². The maximum absolute atomic E-state index is 11.8. The van der Waals surface area contributed by atoms with Crippen LogP contribution in [0, 0.1) is 6.92 Å². The topological polar surface area (TPSA) is 78.8 Å². The van der Waals surface area contributed by atoms with E-state index in [1.807, 2.05) is 19.1 Å². The Morgan fingerprint density at radius 2 is 1.57 bits per heavy atom. The highest BCUT2D eigenvalue weighted by Gasteiger charge is 2.03. The number of nitrogens with one attached hydrogen (secondary N) is 1. The number of hydrazone groups is 1. The summed E-state index contributed by atoms with van der Waals surface area (Å²) in [6.45, 7) is 1.95. The fraction of sp³-hybridized carbons (Fsp3) is 0.0625. The highest BCUT2D eigenvalue weighted by atomic mass is 16.4. The first-order valence-corrected chi connectivity index (χ1v) is 6.30. The first-order chi connectivity index (χ1) is 10.1. The molecule has 0 heterocycles. The van der Waals surface area contributed by atoms with Crippen molar-refractivity contribution in [3.8, 4) is 0 Å². The second-order valence-corrected chi connectivity index (χ2v) is 4.49. The van der Waals surface area contributed by atoms with Gasteiger partial charge in [0.1, 0.15) is 0 Å². The van der Waals surface area contributed by atoms with Crippen LogP contribution in [-0.4, -0.2) is 23.2 Å². The molecule has 0 unspecified atom stereocenters. The maximum atomic E-state index is 11.8. The minimum Gasteiger partial charge on any atom is -0.478 e. The van der Waals surface area contributed by atoms with Crippen LogP contribution in [-0.2, 0) is 0 Å². The van der Waals surface area contributed by atoms with Crippen molar-refractivity contribution in [2.45, 2.75) is 6.92 Å². The Morgan fingerprint density at radius 3 is 2.14 bits per heavy atom. The van der Waals surface area contributed by atoms with Crippen molar-refractivity contribution in [3.05, 3.63) is 70.8 Å². The number of hydrogen-bond acceptors (Lipinski definition) is 3. The lowest BCUT2D eigenvalue weighted by Gasteiger charge is -2.00. The fourth-order valence-corrected chi connectivity index (χ4v) is 1.65. The number of hydrogen-bond donors (Lipinski definition) is 2. The molecule has 2 aromatic rings. The third-order valence-electron chi connectivity index (χ3n) is 2.85. The number of aromatic carboxylic acids is 1. The highest BCUT2D eigenvalue weighted by Crippen LogP contribution is 2.04. The van der Waals surface area contributed by atoms with Gasteiger partial charge in [0.25, 0.3) is 5.91 Å². The van der Waals surface area contributed by atoms with Gasteiger partial charge in [0.2, 0.25) is 0 Å². The van der Waals surface area contributed by atoms with Gasteiger partial charge in [-0.25, -0.2) is 10.2 Å². The lowest BCUT2D eigenvalue weighted by Crippen LogP contribution is -2.17. The van der Waals surface area contributed by atoms with Crippen LogP contribution in [0.5, 0.6) is 0 Å². The minimum absolute atomic E-state index is 0.204. The van der Waals surface area contributed by atoms with Crippen LogP contribution < -0.4 is 5.43 Å². The standard InChI is InChI=1S/C16H14N2O3/c1-11-2-6-13(7-3-11)15(19)18-17-10-12-4-8-14(9-5-12)16(20)21/h2-10H,1H3,(H,18,19)(H,20,21)/b17-10-. The number of amides is 1. The Balaban J connectivity index is 1.97. The third-order valence-corrected chi connectivity index (χ3v) is 2.85. The summed E-state index contributed by atoms with van der Waals surface area (Å²) in [6.07, 6.45) is 1.46. The molecule has 21 heavy (non-hydrogen) atoms. The Kier molecular flexibility index (Phi) is 4.46. The molecule has 0 atom stereocenters. The molecular formula is C16H14N2O3. The van der Waals surface area contributed by atoms with Crippen molar-refractivity contribution in [2.75, 3.05) is 0 Å². The maximum Gasteiger partial charge on any atom is 0.335 e. The molecule has 0 aliphatic rings. The van der Waals surface area contributed by atoms with Crippen molar-refractivity contribution >= 4 is 18.1 Å². The zero-order valence-electron chi connectivity index (χ0n) is 11.4. The Labute approximate surface area is 121 Å². The number of nitrogens with zero attached hydrogens (tertiary/aromatic N) is 1. The Morgan fingerprint density at radius 1 is 1.00 bits per heavy atom. The normalized spacial score (nSPS) is 10.5. The van der Waals surface area contributed by atoms with Gasteiger partial charge in [-0.15, -0.1) is 0 Å². The number of carboxylic acids is 1. The lowest BCUT2D eigenvalue weighted by molar-refractivity contribution is 0.0696. The molecule has 0 bridgehead atoms. The first-order valence-electron chi connectivity index (χ1n) is 6.30. The number of aryl methyl sites for hydroxylation is 1. The van der Waals surface area contributed by atoms with Crippen LogP contribution >= 0.6 is 0 Å². The average molecular weight is 282 g/mol.